The predicted octanol–water partition coefficient (Wildman–Crippen LogP) is 1.22. The molecule has 0 unspecified atom stereocenters. The number of hydrogen-bond donors (Lipinski definition) is 2. The van der Waals surface area contributed by atoms with Crippen LogP contribution in [-0.4, -0.2) is 51.1 Å². The number of aromatic nitrogens is 4. The number of carbonyl (C=O) groups is 1. The summed E-state index contributed by atoms with van der Waals surface area (Å²) in [6.07, 6.45) is 3.85. The smallest absolute Gasteiger partial charge is 0.241 e. The van der Waals surface area contributed by atoms with Crippen molar-refractivity contribution in [2.24, 2.45) is 0 Å². The quantitative estimate of drug-likeness (QED) is 0.831. The zero-order valence-corrected chi connectivity index (χ0v) is 13.4. The van der Waals surface area contributed by atoms with Crippen LogP contribution in [0.5, 0.6) is 0 Å². The minimum absolute atomic E-state index is 0.0768. The highest BCUT2D eigenvalue weighted by atomic mass is 19.1. The first-order chi connectivity index (χ1) is 11.7. The SMILES string of the molecule is O=C(NCCc1nn[nH]n1)[C@H](c1ccc(F)cc1)N1CCCCC1. The van der Waals surface area contributed by atoms with Crippen LogP contribution in [-0.2, 0) is 11.2 Å². The number of nitrogens with one attached hydrogen (secondary N) is 2. The van der Waals surface area contributed by atoms with Gasteiger partial charge >= 0.3 is 0 Å². The van der Waals surface area contributed by atoms with Gasteiger partial charge in [-0.2, -0.15) is 5.21 Å². The number of tetrazole rings is 1. The Hall–Kier alpha value is -2.35. The summed E-state index contributed by atoms with van der Waals surface area (Å²) >= 11 is 0. The van der Waals surface area contributed by atoms with Gasteiger partial charge in [-0.15, -0.1) is 10.2 Å². The standard InChI is InChI=1S/C16H21FN6O/c17-13-6-4-12(5-7-13)15(23-10-2-1-3-11-23)16(24)18-9-8-14-19-21-22-20-14/h4-7,15H,1-3,8-11H2,(H,18,24)(H,19,20,21,22)/t15-/m0/s1. The van der Waals surface area contributed by atoms with Crippen LogP contribution < -0.4 is 5.32 Å². The molecule has 1 aliphatic heterocycles. The number of nitrogens with zero attached hydrogens (tertiary/aromatic N) is 4. The Morgan fingerprint density at radius 3 is 2.67 bits per heavy atom. The van der Waals surface area contributed by atoms with Crippen molar-refractivity contribution < 1.29 is 9.18 Å². The number of rotatable bonds is 6. The van der Waals surface area contributed by atoms with Gasteiger partial charge in [0, 0.05) is 13.0 Å². The zero-order chi connectivity index (χ0) is 16.8. The van der Waals surface area contributed by atoms with Crippen molar-refractivity contribution in [3.63, 3.8) is 0 Å². The summed E-state index contributed by atoms with van der Waals surface area (Å²) < 4.78 is 13.2. The van der Waals surface area contributed by atoms with Gasteiger partial charge in [0.05, 0.1) is 0 Å². The van der Waals surface area contributed by atoms with E-state index in [-0.39, 0.29) is 11.7 Å². The molecule has 0 aliphatic carbocycles. The Morgan fingerprint density at radius 2 is 2.00 bits per heavy atom. The first-order valence-electron chi connectivity index (χ1n) is 8.23. The third-order valence-electron chi connectivity index (χ3n) is 4.23. The van der Waals surface area contributed by atoms with Crippen molar-refractivity contribution in [3.05, 3.63) is 41.5 Å². The molecule has 0 saturated carbocycles. The molecule has 0 spiro atoms. The topological polar surface area (TPSA) is 86.8 Å². The number of benzene rings is 1. The second-order valence-corrected chi connectivity index (χ2v) is 5.92. The summed E-state index contributed by atoms with van der Waals surface area (Å²) in [6.45, 7) is 2.19. The van der Waals surface area contributed by atoms with Crippen LogP contribution in [0.25, 0.3) is 0 Å². The third-order valence-corrected chi connectivity index (χ3v) is 4.23. The molecule has 2 heterocycles. The Balaban J connectivity index is 1.68. The van der Waals surface area contributed by atoms with Crippen molar-refractivity contribution in [3.8, 4) is 0 Å². The number of likely N-dealkylation sites (tertiary alicyclic amines) is 1. The third kappa shape index (κ3) is 4.14. The maximum atomic E-state index is 13.2. The molecular weight excluding hydrogens is 311 g/mol. The molecule has 1 aromatic heterocycles. The number of amides is 1. The second kappa shape index (κ2) is 7.96. The highest BCUT2D eigenvalue weighted by Gasteiger charge is 2.28. The van der Waals surface area contributed by atoms with Gasteiger partial charge in [-0.3, -0.25) is 9.69 Å². The average Bonchev–Trinajstić information content (AvgIpc) is 3.11. The summed E-state index contributed by atoms with van der Waals surface area (Å²) in [6, 6.07) is 5.79. The van der Waals surface area contributed by atoms with E-state index in [4.69, 9.17) is 0 Å². The van der Waals surface area contributed by atoms with E-state index in [2.05, 4.69) is 30.8 Å². The summed E-state index contributed by atoms with van der Waals surface area (Å²) in [5.74, 6) is 0.187. The van der Waals surface area contributed by atoms with E-state index in [0.717, 1.165) is 31.5 Å². The lowest BCUT2D eigenvalue weighted by Crippen LogP contribution is -2.43. The maximum Gasteiger partial charge on any atom is 0.241 e. The fourth-order valence-electron chi connectivity index (χ4n) is 3.03. The summed E-state index contributed by atoms with van der Waals surface area (Å²) in [7, 11) is 0. The summed E-state index contributed by atoms with van der Waals surface area (Å²) in [4.78, 5) is 14.9. The molecule has 1 atom stereocenters. The Kier molecular flexibility index (Phi) is 5.47. The Morgan fingerprint density at radius 1 is 1.25 bits per heavy atom. The normalized spacial score (nSPS) is 16.7. The van der Waals surface area contributed by atoms with Crippen LogP contribution in [0.15, 0.2) is 24.3 Å². The molecule has 1 saturated heterocycles. The second-order valence-electron chi connectivity index (χ2n) is 5.92. The van der Waals surface area contributed by atoms with Crippen molar-refractivity contribution in [1.29, 1.82) is 0 Å². The highest BCUT2D eigenvalue weighted by Crippen LogP contribution is 2.25. The van der Waals surface area contributed by atoms with Crippen LogP contribution in [0.3, 0.4) is 0 Å². The minimum Gasteiger partial charge on any atom is -0.354 e. The van der Waals surface area contributed by atoms with Gasteiger partial charge in [-0.05, 0) is 43.6 Å². The van der Waals surface area contributed by atoms with Crippen molar-refractivity contribution >= 4 is 5.91 Å². The number of halogens is 1. The van der Waals surface area contributed by atoms with Crippen molar-refractivity contribution in [1.82, 2.24) is 30.8 Å². The van der Waals surface area contributed by atoms with E-state index in [1.807, 2.05) is 0 Å². The van der Waals surface area contributed by atoms with Gasteiger partial charge in [-0.1, -0.05) is 23.8 Å². The summed E-state index contributed by atoms with van der Waals surface area (Å²) in [5, 5.41) is 16.5. The minimum atomic E-state index is -0.392. The van der Waals surface area contributed by atoms with Crippen molar-refractivity contribution in [2.75, 3.05) is 19.6 Å². The Labute approximate surface area is 139 Å². The first kappa shape index (κ1) is 16.5. The van der Waals surface area contributed by atoms with Crippen LogP contribution in [0.4, 0.5) is 4.39 Å². The molecular formula is C16H21FN6O. The lowest BCUT2D eigenvalue weighted by atomic mass is 10.0. The van der Waals surface area contributed by atoms with Gasteiger partial charge in [0.15, 0.2) is 5.82 Å². The van der Waals surface area contributed by atoms with Gasteiger partial charge in [0.1, 0.15) is 11.9 Å². The lowest BCUT2D eigenvalue weighted by Gasteiger charge is -2.33. The van der Waals surface area contributed by atoms with Gasteiger partial charge in [0.2, 0.25) is 5.91 Å². The fraction of sp³-hybridized carbons (Fsp3) is 0.500. The van der Waals surface area contributed by atoms with Crippen molar-refractivity contribution in [2.45, 2.75) is 31.7 Å². The van der Waals surface area contributed by atoms with Crippen LogP contribution in [0.2, 0.25) is 0 Å². The zero-order valence-electron chi connectivity index (χ0n) is 13.4. The molecule has 2 N–H and O–H groups in total. The molecule has 0 bridgehead atoms. The van der Waals surface area contributed by atoms with E-state index >= 15 is 0 Å². The lowest BCUT2D eigenvalue weighted by molar-refractivity contribution is -0.127. The molecule has 8 heteroatoms. The van der Waals surface area contributed by atoms with Crippen LogP contribution in [0.1, 0.15) is 36.7 Å². The molecule has 128 valence electrons. The fourth-order valence-corrected chi connectivity index (χ4v) is 3.03. The van der Waals surface area contributed by atoms with Crippen LogP contribution >= 0.6 is 0 Å². The predicted molar refractivity (Wildman–Crippen MR) is 85.5 cm³/mol. The average molecular weight is 332 g/mol. The van der Waals surface area contributed by atoms with E-state index in [1.165, 1.54) is 18.6 Å². The van der Waals surface area contributed by atoms with E-state index < -0.39 is 6.04 Å². The molecule has 1 aromatic carbocycles. The number of carbonyl (C=O) groups excluding carboxylic acids is 1. The number of hydrogen-bond acceptors (Lipinski definition) is 5. The molecule has 1 aliphatic rings. The number of piperidine rings is 1. The molecule has 7 nitrogen and oxygen atoms in total. The molecule has 0 radical (unpaired) electrons. The monoisotopic (exact) mass is 332 g/mol. The van der Waals surface area contributed by atoms with Gasteiger partial charge < -0.3 is 5.32 Å². The van der Waals surface area contributed by atoms with E-state index in [0.29, 0.717) is 18.8 Å². The maximum absolute atomic E-state index is 13.2. The first-order valence-corrected chi connectivity index (χ1v) is 8.23. The van der Waals surface area contributed by atoms with Crippen LogP contribution in [0, 0.1) is 5.82 Å². The molecule has 1 fully saturated rings. The highest BCUT2D eigenvalue weighted by molar-refractivity contribution is 5.83. The molecule has 3 rings (SSSR count). The largest absolute Gasteiger partial charge is 0.354 e. The van der Waals surface area contributed by atoms with E-state index in [9.17, 15) is 9.18 Å². The number of H-pyrrole nitrogens is 1. The van der Waals surface area contributed by atoms with Gasteiger partial charge in [-0.25, -0.2) is 4.39 Å². The molecule has 1 amide bonds. The summed E-state index contributed by atoms with van der Waals surface area (Å²) in [5.41, 5.74) is 0.815. The Bertz CT molecular complexity index is 639. The van der Waals surface area contributed by atoms with E-state index in [1.54, 1.807) is 12.1 Å². The molecule has 24 heavy (non-hydrogen) atoms. The molecule has 2 aromatic rings. The van der Waals surface area contributed by atoms with Gasteiger partial charge in [0.25, 0.3) is 0 Å². The number of aromatic amines is 1.